The Hall–Kier alpha value is -1.20. The predicted molar refractivity (Wildman–Crippen MR) is 90.6 cm³/mol. The SMILES string of the molecule is CCc1cc2c(NC3CCOC4(CCCC4)C3)ncnc2s1. The predicted octanol–water partition coefficient (Wildman–Crippen LogP) is 4.16. The van der Waals surface area contributed by atoms with Gasteiger partial charge in [0.25, 0.3) is 0 Å². The van der Waals surface area contributed by atoms with Crippen LogP contribution in [0.2, 0.25) is 0 Å². The molecule has 3 heterocycles. The lowest BCUT2D eigenvalue weighted by molar-refractivity contribution is -0.0767. The number of hydrogen-bond acceptors (Lipinski definition) is 5. The Morgan fingerprint density at radius 1 is 1.36 bits per heavy atom. The third-order valence-corrected chi connectivity index (χ3v) is 6.26. The summed E-state index contributed by atoms with van der Waals surface area (Å²) in [4.78, 5) is 11.4. The highest BCUT2D eigenvalue weighted by molar-refractivity contribution is 7.18. The van der Waals surface area contributed by atoms with Crippen molar-refractivity contribution in [3.8, 4) is 0 Å². The molecule has 1 saturated heterocycles. The summed E-state index contributed by atoms with van der Waals surface area (Å²) in [6, 6.07) is 2.71. The number of nitrogens with zero attached hydrogens (tertiary/aromatic N) is 2. The fourth-order valence-corrected chi connectivity index (χ4v) is 4.84. The van der Waals surface area contributed by atoms with Crippen LogP contribution in [0.25, 0.3) is 10.2 Å². The molecule has 1 spiro atoms. The number of aromatic nitrogens is 2. The van der Waals surface area contributed by atoms with E-state index >= 15 is 0 Å². The fourth-order valence-electron chi connectivity index (χ4n) is 3.91. The Morgan fingerprint density at radius 3 is 3.05 bits per heavy atom. The number of anilines is 1. The Labute approximate surface area is 135 Å². The van der Waals surface area contributed by atoms with Gasteiger partial charge in [-0.1, -0.05) is 19.8 Å². The molecule has 0 aromatic carbocycles. The maximum absolute atomic E-state index is 6.13. The fraction of sp³-hybridized carbons (Fsp3) is 0.647. The molecule has 1 aliphatic carbocycles. The molecule has 0 bridgehead atoms. The van der Waals surface area contributed by atoms with Crippen molar-refractivity contribution in [2.45, 2.75) is 63.5 Å². The highest BCUT2D eigenvalue weighted by Gasteiger charge is 2.40. The maximum Gasteiger partial charge on any atom is 0.138 e. The van der Waals surface area contributed by atoms with Gasteiger partial charge in [-0.3, -0.25) is 0 Å². The van der Waals surface area contributed by atoms with Crippen LogP contribution in [0.1, 0.15) is 50.3 Å². The topological polar surface area (TPSA) is 47.0 Å². The molecule has 0 radical (unpaired) electrons. The summed E-state index contributed by atoms with van der Waals surface area (Å²) in [5, 5.41) is 4.87. The molecular weight excluding hydrogens is 294 g/mol. The first-order valence-corrected chi connectivity index (χ1v) is 9.23. The average Bonchev–Trinajstić information content (AvgIpc) is 3.15. The molecule has 2 aliphatic rings. The molecule has 2 aromatic heterocycles. The van der Waals surface area contributed by atoms with E-state index in [4.69, 9.17) is 4.74 Å². The number of ether oxygens (including phenoxy) is 1. The first-order valence-electron chi connectivity index (χ1n) is 8.42. The van der Waals surface area contributed by atoms with E-state index in [0.29, 0.717) is 6.04 Å². The van der Waals surface area contributed by atoms with E-state index in [9.17, 15) is 0 Å². The van der Waals surface area contributed by atoms with Gasteiger partial charge < -0.3 is 10.1 Å². The van der Waals surface area contributed by atoms with Crippen LogP contribution in [0.3, 0.4) is 0 Å². The number of fused-ring (bicyclic) bond motifs is 1. The number of hydrogen-bond donors (Lipinski definition) is 1. The van der Waals surface area contributed by atoms with Crippen LogP contribution in [0, 0.1) is 0 Å². The molecule has 1 saturated carbocycles. The third-order valence-electron chi connectivity index (χ3n) is 5.08. The van der Waals surface area contributed by atoms with Gasteiger partial charge in [0.1, 0.15) is 17.0 Å². The van der Waals surface area contributed by atoms with Crippen LogP contribution in [0.5, 0.6) is 0 Å². The van der Waals surface area contributed by atoms with E-state index in [0.717, 1.165) is 36.5 Å². The Kier molecular flexibility index (Phi) is 3.78. The largest absolute Gasteiger partial charge is 0.375 e. The first kappa shape index (κ1) is 14.4. The maximum atomic E-state index is 6.13. The van der Waals surface area contributed by atoms with E-state index in [1.54, 1.807) is 17.7 Å². The molecule has 4 nitrogen and oxygen atoms in total. The zero-order chi connectivity index (χ0) is 15.0. The molecule has 1 atom stereocenters. The molecule has 0 amide bonds. The zero-order valence-corrected chi connectivity index (χ0v) is 13.9. The third kappa shape index (κ3) is 2.61. The summed E-state index contributed by atoms with van der Waals surface area (Å²) in [6.07, 6.45) is 10.0. The van der Waals surface area contributed by atoms with Crippen LogP contribution < -0.4 is 5.32 Å². The van der Waals surface area contributed by atoms with Crippen LogP contribution in [-0.4, -0.2) is 28.2 Å². The van der Waals surface area contributed by atoms with Crippen LogP contribution in [0.15, 0.2) is 12.4 Å². The van der Waals surface area contributed by atoms with Crippen molar-refractivity contribution < 1.29 is 4.74 Å². The minimum atomic E-state index is 0.144. The summed E-state index contributed by atoms with van der Waals surface area (Å²) in [6.45, 7) is 3.06. The van der Waals surface area contributed by atoms with E-state index in [1.807, 2.05) is 0 Å². The Balaban J connectivity index is 1.56. The van der Waals surface area contributed by atoms with E-state index in [1.165, 1.54) is 35.9 Å². The highest BCUT2D eigenvalue weighted by atomic mass is 32.1. The first-order chi connectivity index (χ1) is 10.8. The lowest BCUT2D eigenvalue weighted by Gasteiger charge is -2.38. The van der Waals surface area contributed by atoms with Gasteiger partial charge in [-0.15, -0.1) is 11.3 Å². The molecule has 2 fully saturated rings. The van der Waals surface area contributed by atoms with Gasteiger partial charge in [-0.25, -0.2) is 9.97 Å². The second-order valence-corrected chi connectivity index (χ2v) is 7.70. The van der Waals surface area contributed by atoms with Gasteiger partial charge >= 0.3 is 0 Å². The number of aryl methyl sites for hydroxylation is 1. The highest BCUT2D eigenvalue weighted by Crippen LogP contribution is 2.41. The van der Waals surface area contributed by atoms with Gasteiger partial charge in [0.15, 0.2) is 0 Å². The minimum absolute atomic E-state index is 0.144. The summed E-state index contributed by atoms with van der Waals surface area (Å²) < 4.78 is 6.13. The summed E-state index contributed by atoms with van der Waals surface area (Å²) >= 11 is 1.78. The molecule has 4 rings (SSSR count). The molecule has 2 aromatic rings. The van der Waals surface area contributed by atoms with E-state index in [2.05, 4.69) is 28.3 Å². The lowest BCUT2D eigenvalue weighted by Crippen LogP contribution is -2.42. The smallest absolute Gasteiger partial charge is 0.138 e. The second-order valence-electron chi connectivity index (χ2n) is 6.58. The van der Waals surface area contributed by atoms with Crippen molar-refractivity contribution in [2.24, 2.45) is 0 Å². The van der Waals surface area contributed by atoms with Crippen molar-refractivity contribution >= 4 is 27.4 Å². The summed E-state index contributed by atoms with van der Waals surface area (Å²) in [5.74, 6) is 1.00. The Bertz CT molecular complexity index is 663. The van der Waals surface area contributed by atoms with Crippen molar-refractivity contribution in [3.05, 3.63) is 17.3 Å². The van der Waals surface area contributed by atoms with E-state index < -0.39 is 0 Å². The molecule has 22 heavy (non-hydrogen) atoms. The van der Waals surface area contributed by atoms with Gasteiger partial charge in [0.2, 0.25) is 0 Å². The molecule has 1 aliphatic heterocycles. The van der Waals surface area contributed by atoms with Crippen molar-refractivity contribution in [1.82, 2.24) is 9.97 Å². The van der Waals surface area contributed by atoms with Crippen molar-refractivity contribution in [1.29, 1.82) is 0 Å². The van der Waals surface area contributed by atoms with Crippen molar-refractivity contribution in [2.75, 3.05) is 11.9 Å². The second kappa shape index (κ2) is 5.78. The van der Waals surface area contributed by atoms with Gasteiger partial charge in [-0.2, -0.15) is 0 Å². The molecule has 118 valence electrons. The zero-order valence-electron chi connectivity index (χ0n) is 13.1. The summed E-state index contributed by atoms with van der Waals surface area (Å²) in [5.41, 5.74) is 0.144. The van der Waals surface area contributed by atoms with Crippen molar-refractivity contribution in [3.63, 3.8) is 0 Å². The summed E-state index contributed by atoms with van der Waals surface area (Å²) in [7, 11) is 0. The molecule has 5 heteroatoms. The van der Waals surface area contributed by atoms with Gasteiger partial charge in [0, 0.05) is 17.5 Å². The quantitative estimate of drug-likeness (QED) is 0.923. The van der Waals surface area contributed by atoms with Gasteiger partial charge in [-0.05, 0) is 38.2 Å². The number of nitrogens with one attached hydrogen (secondary N) is 1. The number of thiophene rings is 1. The van der Waals surface area contributed by atoms with Crippen LogP contribution in [-0.2, 0) is 11.2 Å². The Morgan fingerprint density at radius 2 is 2.23 bits per heavy atom. The number of rotatable bonds is 3. The van der Waals surface area contributed by atoms with Crippen LogP contribution >= 0.6 is 11.3 Å². The average molecular weight is 317 g/mol. The molecule has 1 unspecified atom stereocenters. The van der Waals surface area contributed by atoms with E-state index in [-0.39, 0.29) is 5.60 Å². The van der Waals surface area contributed by atoms with Crippen LogP contribution in [0.4, 0.5) is 5.82 Å². The molecule has 1 N–H and O–H groups in total. The normalized spacial score (nSPS) is 24.1. The lowest BCUT2D eigenvalue weighted by atomic mass is 9.89. The minimum Gasteiger partial charge on any atom is -0.375 e. The standard InChI is InChI=1S/C17H23N3OS/c1-2-13-9-14-15(18-11-19-16(14)22-13)20-12-5-8-21-17(10-12)6-3-4-7-17/h9,11-12H,2-8,10H2,1H3,(H,18,19,20). The van der Waals surface area contributed by atoms with Gasteiger partial charge in [0.05, 0.1) is 11.0 Å². The molecular formula is C17H23N3OS. The monoisotopic (exact) mass is 317 g/mol.